The van der Waals surface area contributed by atoms with Crippen LogP contribution in [0.25, 0.3) is 0 Å². The summed E-state index contributed by atoms with van der Waals surface area (Å²) in [5.41, 5.74) is 12.2. The number of fused-ring (bicyclic) bond motifs is 1. The average Bonchev–Trinajstić information content (AvgIpc) is 2.07. The summed E-state index contributed by atoms with van der Waals surface area (Å²) in [4.78, 5) is 0. The van der Waals surface area contributed by atoms with Crippen molar-refractivity contribution in [2.75, 3.05) is 0 Å². The zero-order valence-corrected chi connectivity index (χ0v) is 7.71. The van der Waals surface area contributed by atoms with E-state index in [2.05, 4.69) is 0 Å². The summed E-state index contributed by atoms with van der Waals surface area (Å²) in [6, 6.07) is 0.908. The molecule has 2 rings (SSSR count). The Hall–Kier alpha value is -0.0800. The highest BCUT2D eigenvalue weighted by molar-refractivity contribution is 4.92. The number of rotatable bonds is 0. The molecule has 0 radical (unpaired) electrons. The van der Waals surface area contributed by atoms with E-state index in [9.17, 15) is 0 Å². The molecule has 2 heteroatoms. The monoisotopic (exact) mass is 168 g/mol. The molecule has 0 aliphatic heterocycles. The number of nitrogens with two attached hydrogens (primary N) is 2. The molecule has 0 saturated heterocycles. The topological polar surface area (TPSA) is 52.0 Å². The molecule has 0 heterocycles. The molecule has 0 aromatic carbocycles. The van der Waals surface area contributed by atoms with Gasteiger partial charge in [-0.05, 0) is 37.5 Å². The van der Waals surface area contributed by atoms with Crippen LogP contribution in [0.4, 0.5) is 0 Å². The van der Waals surface area contributed by atoms with E-state index in [0.29, 0.717) is 12.1 Å². The Bertz CT molecular complexity index is 140. The molecule has 2 saturated carbocycles. The smallest absolute Gasteiger partial charge is 0.00703 e. The largest absolute Gasteiger partial charge is 0.327 e. The molecule has 70 valence electrons. The first-order chi connectivity index (χ1) is 5.79. The molecule has 2 fully saturated rings. The molecule has 4 atom stereocenters. The molecule has 12 heavy (non-hydrogen) atoms. The molecule has 2 aliphatic carbocycles. The lowest BCUT2D eigenvalue weighted by Crippen LogP contribution is -2.48. The minimum atomic E-state index is 0.454. The van der Waals surface area contributed by atoms with Crippen LogP contribution in [0.15, 0.2) is 0 Å². The summed E-state index contributed by atoms with van der Waals surface area (Å²) in [5, 5.41) is 0. The molecule has 0 bridgehead atoms. The molecule has 2 aliphatic rings. The van der Waals surface area contributed by atoms with Crippen LogP contribution in [0.2, 0.25) is 0 Å². The van der Waals surface area contributed by atoms with Gasteiger partial charge in [0.25, 0.3) is 0 Å². The lowest BCUT2D eigenvalue weighted by Gasteiger charge is -2.43. The van der Waals surface area contributed by atoms with Crippen molar-refractivity contribution in [2.45, 2.75) is 50.6 Å². The highest BCUT2D eigenvalue weighted by Crippen LogP contribution is 2.39. The van der Waals surface area contributed by atoms with Crippen molar-refractivity contribution in [3.8, 4) is 0 Å². The first kappa shape index (κ1) is 8.52. The quantitative estimate of drug-likeness (QED) is 0.572. The van der Waals surface area contributed by atoms with Gasteiger partial charge in [0.15, 0.2) is 0 Å². The summed E-state index contributed by atoms with van der Waals surface area (Å²) in [7, 11) is 0. The molecule has 0 aromatic rings. The zero-order chi connectivity index (χ0) is 8.55. The molecular formula is C10H20N2. The Morgan fingerprint density at radius 3 is 1.50 bits per heavy atom. The van der Waals surface area contributed by atoms with Gasteiger partial charge in [-0.25, -0.2) is 0 Å². The summed E-state index contributed by atoms with van der Waals surface area (Å²) in [6.45, 7) is 0. The summed E-state index contributed by atoms with van der Waals surface area (Å²) < 4.78 is 0. The van der Waals surface area contributed by atoms with Gasteiger partial charge >= 0.3 is 0 Å². The number of hydrogen-bond acceptors (Lipinski definition) is 2. The zero-order valence-electron chi connectivity index (χ0n) is 7.71. The Morgan fingerprint density at radius 2 is 1.08 bits per heavy atom. The summed E-state index contributed by atoms with van der Waals surface area (Å²) in [5.74, 6) is 1.50. The molecule has 0 amide bonds. The van der Waals surface area contributed by atoms with Crippen LogP contribution in [-0.2, 0) is 0 Å². The summed E-state index contributed by atoms with van der Waals surface area (Å²) in [6.07, 6.45) is 7.73. The predicted octanol–water partition coefficient (Wildman–Crippen LogP) is 1.24. The molecule has 2 nitrogen and oxygen atoms in total. The van der Waals surface area contributed by atoms with Gasteiger partial charge < -0.3 is 11.5 Å². The summed E-state index contributed by atoms with van der Waals surface area (Å²) >= 11 is 0. The van der Waals surface area contributed by atoms with Crippen LogP contribution in [0, 0.1) is 11.8 Å². The first-order valence-corrected chi connectivity index (χ1v) is 5.30. The van der Waals surface area contributed by atoms with Gasteiger partial charge in [0, 0.05) is 12.1 Å². The minimum absolute atomic E-state index is 0.454. The van der Waals surface area contributed by atoms with Crippen LogP contribution in [0.1, 0.15) is 38.5 Å². The third kappa shape index (κ3) is 1.38. The maximum atomic E-state index is 6.10. The van der Waals surface area contributed by atoms with E-state index in [1.165, 1.54) is 38.5 Å². The van der Waals surface area contributed by atoms with Crippen molar-refractivity contribution in [3.63, 3.8) is 0 Å². The lowest BCUT2D eigenvalue weighted by molar-refractivity contribution is 0.125. The lowest BCUT2D eigenvalue weighted by atomic mass is 9.66. The van der Waals surface area contributed by atoms with E-state index < -0.39 is 0 Å². The van der Waals surface area contributed by atoms with Crippen molar-refractivity contribution < 1.29 is 0 Å². The molecule has 0 spiro atoms. The van der Waals surface area contributed by atoms with Crippen molar-refractivity contribution in [3.05, 3.63) is 0 Å². The highest BCUT2D eigenvalue weighted by atomic mass is 14.7. The predicted molar refractivity (Wildman–Crippen MR) is 50.6 cm³/mol. The second-order valence-corrected chi connectivity index (χ2v) is 4.52. The minimum Gasteiger partial charge on any atom is -0.327 e. The molecule has 0 aromatic heterocycles. The molecule has 0 unspecified atom stereocenters. The second kappa shape index (κ2) is 3.35. The fourth-order valence-corrected chi connectivity index (χ4v) is 3.10. The van der Waals surface area contributed by atoms with Gasteiger partial charge in [0.2, 0.25) is 0 Å². The van der Waals surface area contributed by atoms with Gasteiger partial charge in [-0.15, -0.1) is 0 Å². The number of hydrogen-bond donors (Lipinski definition) is 2. The van der Waals surface area contributed by atoms with Gasteiger partial charge in [-0.1, -0.05) is 12.8 Å². The van der Waals surface area contributed by atoms with E-state index in [0.717, 1.165) is 11.8 Å². The van der Waals surface area contributed by atoms with Gasteiger partial charge in [-0.2, -0.15) is 0 Å². The fraction of sp³-hybridized carbons (Fsp3) is 1.00. The van der Waals surface area contributed by atoms with Gasteiger partial charge in [0.05, 0.1) is 0 Å². The Kier molecular flexibility index (Phi) is 2.37. The van der Waals surface area contributed by atoms with Crippen molar-refractivity contribution in [1.29, 1.82) is 0 Å². The normalized spacial score (nSPS) is 48.5. The van der Waals surface area contributed by atoms with E-state index in [-0.39, 0.29) is 0 Å². The maximum Gasteiger partial charge on any atom is 0.00703 e. The van der Waals surface area contributed by atoms with Gasteiger partial charge in [0.1, 0.15) is 0 Å². The van der Waals surface area contributed by atoms with E-state index in [1.54, 1.807) is 0 Å². The van der Waals surface area contributed by atoms with E-state index in [4.69, 9.17) is 11.5 Å². The van der Waals surface area contributed by atoms with Crippen LogP contribution in [0.3, 0.4) is 0 Å². The van der Waals surface area contributed by atoms with Crippen LogP contribution < -0.4 is 11.5 Å². The fourth-order valence-electron chi connectivity index (χ4n) is 3.10. The highest BCUT2D eigenvalue weighted by Gasteiger charge is 2.36. The van der Waals surface area contributed by atoms with Crippen molar-refractivity contribution >= 4 is 0 Å². The third-order valence-electron chi connectivity index (χ3n) is 3.80. The SMILES string of the molecule is N[C@@H]1CCC[C@H]2[C@@H]1CCC[C@@H]2N. The van der Waals surface area contributed by atoms with Gasteiger partial charge in [-0.3, -0.25) is 0 Å². The second-order valence-electron chi connectivity index (χ2n) is 4.52. The first-order valence-electron chi connectivity index (χ1n) is 5.30. The van der Waals surface area contributed by atoms with Crippen molar-refractivity contribution in [2.24, 2.45) is 23.3 Å². The van der Waals surface area contributed by atoms with Crippen molar-refractivity contribution in [1.82, 2.24) is 0 Å². The third-order valence-corrected chi connectivity index (χ3v) is 3.80. The Morgan fingerprint density at radius 1 is 0.667 bits per heavy atom. The molecular weight excluding hydrogens is 148 g/mol. The molecule has 4 N–H and O–H groups in total. The standard InChI is InChI=1S/C10H20N2/c11-9-5-1-3-7-8(9)4-2-6-10(7)12/h7-10H,1-6,11-12H2/t7-,8-,9-,10+/m0/s1. The van der Waals surface area contributed by atoms with Crippen LogP contribution in [-0.4, -0.2) is 12.1 Å². The van der Waals surface area contributed by atoms with E-state index >= 15 is 0 Å². The average molecular weight is 168 g/mol. The Labute approximate surface area is 74.7 Å². The maximum absolute atomic E-state index is 6.10. The van der Waals surface area contributed by atoms with Crippen LogP contribution in [0.5, 0.6) is 0 Å². The Balaban J connectivity index is 2.05. The van der Waals surface area contributed by atoms with Crippen LogP contribution >= 0.6 is 0 Å². The van der Waals surface area contributed by atoms with E-state index in [1.807, 2.05) is 0 Å².